The Morgan fingerprint density at radius 3 is 2.38 bits per heavy atom. The average Bonchev–Trinajstić information content (AvgIpc) is 3.64. The summed E-state index contributed by atoms with van der Waals surface area (Å²) in [4.78, 5) is 26.0. The molecule has 6 rings (SSSR count). The van der Waals surface area contributed by atoms with Crippen LogP contribution >= 0.6 is 0 Å². The van der Waals surface area contributed by atoms with Crippen LogP contribution in [-0.4, -0.2) is 79.2 Å². The Labute approximate surface area is 247 Å². The van der Waals surface area contributed by atoms with Crippen molar-refractivity contribution in [3.05, 3.63) is 71.7 Å². The minimum absolute atomic E-state index is 0.138. The van der Waals surface area contributed by atoms with Crippen molar-refractivity contribution in [1.82, 2.24) is 14.9 Å². The second-order valence-corrected chi connectivity index (χ2v) is 11.6. The Hall–Kier alpha value is -3.66. The van der Waals surface area contributed by atoms with Gasteiger partial charge in [-0.3, -0.25) is 4.79 Å². The van der Waals surface area contributed by atoms with Gasteiger partial charge in [-0.15, -0.1) is 0 Å². The molecule has 1 aromatic heterocycles. The van der Waals surface area contributed by atoms with Crippen LogP contribution in [0.5, 0.6) is 0 Å². The van der Waals surface area contributed by atoms with Crippen LogP contribution < -0.4 is 10.2 Å². The second kappa shape index (κ2) is 12.3. The Morgan fingerprint density at radius 1 is 0.976 bits per heavy atom. The molecule has 9 heteroatoms. The highest BCUT2D eigenvalue weighted by atomic mass is 16.7. The number of hydrogen-bond acceptors (Lipinski definition) is 7. The molecule has 0 radical (unpaired) electrons. The van der Waals surface area contributed by atoms with E-state index in [-0.39, 0.29) is 17.6 Å². The number of carbonyl (C=O) groups is 1. The molecule has 222 valence electrons. The number of aromatic nitrogens is 2. The molecule has 9 nitrogen and oxygen atoms in total. The van der Waals surface area contributed by atoms with Crippen molar-refractivity contribution in [3.8, 4) is 0 Å². The summed E-state index contributed by atoms with van der Waals surface area (Å²) in [6.07, 6.45) is 6.14. The summed E-state index contributed by atoms with van der Waals surface area (Å²) >= 11 is 0. The molecule has 0 saturated carbocycles. The van der Waals surface area contributed by atoms with Crippen molar-refractivity contribution in [1.29, 1.82) is 0 Å². The number of rotatable bonds is 7. The van der Waals surface area contributed by atoms with E-state index in [0.29, 0.717) is 18.8 Å². The lowest BCUT2D eigenvalue weighted by atomic mass is 10.0. The molecule has 42 heavy (non-hydrogen) atoms. The van der Waals surface area contributed by atoms with Gasteiger partial charge in [0.1, 0.15) is 5.82 Å². The third kappa shape index (κ3) is 6.23. The number of anilines is 2. The van der Waals surface area contributed by atoms with E-state index in [9.17, 15) is 4.79 Å². The van der Waals surface area contributed by atoms with Crippen LogP contribution in [0.4, 0.5) is 11.4 Å². The molecular formula is C33H41N5O4. The minimum Gasteiger partial charge on any atom is -0.378 e. The summed E-state index contributed by atoms with van der Waals surface area (Å²) in [6.45, 7) is 13.0. The van der Waals surface area contributed by atoms with Gasteiger partial charge < -0.3 is 34.3 Å². The molecule has 4 heterocycles. The number of aromatic amines is 1. The normalized spacial score (nSPS) is 19.7. The Bertz CT molecular complexity index is 1450. The molecule has 0 bridgehead atoms. The van der Waals surface area contributed by atoms with E-state index in [0.717, 1.165) is 86.0 Å². The topological polar surface area (TPSA) is 92.0 Å². The molecule has 1 amide bonds. The second-order valence-electron chi connectivity index (χ2n) is 11.6. The number of fused-ring (bicyclic) bond motifs is 1. The summed E-state index contributed by atoms with van der Waals surface area (Å²) in [5.74, 6) is 0.618. The molecule has 0 atom stereocenters. The maximum atomic E-state index is 13.0. The first-order valence-electron chi connectivity index (χ1n) is 15.0. The number of ether oxygens (including phenoxy) is 3. The molecule has 3 aliphatic rings. The number of allylic oxidation sites excluding steroid dienone is 4. The number of morpholine rings is 1. The van der Waals surface area contributed by atoms with Crippen LogP contribution in [0.3, 0.4) is 0 Å². The van der Waals surface area contributed by atoms with Crippen LogP contribution in [-0.2, 0) is 14.2 Å². The van der Waals surface area contributed by atoms with Gasteiger partial charge in [0.25, 0.3) is 5.91 Å². The summed E-state index contributed by atoms with van der Waals surface area (Å²) in [5, 5.41) is 3.04. The monoisotopic (exact) mass is 571 g/mol. The van der Waals surface area contributed by atoms with Gasteiger partial charge in [-0.25, -0.2) is 4.98 Å². The van der Waals surface area contributed by atoms with Gasteiger partial charge in [-0.2, -0.15) is 0 Å². The lowest BCUT2D eigenvalue weighted by Gasteiger charge is -2.39. The molecule has 3 fully saturated rings. The van der Waals surface area contributed by atoms with Crippen LogP contribution in [0, 0.1) is 5.92 Å². The first kappa shape index (κ1) is 28.5. The molecule has 0 aliphatic carbocycles. The van der Waals surface area contributed by atoms with Crippen LogP contribution in [0.1, 0.15) is 49.8 Å². The summed E-state index contributed by atoms with van der Waals surface area (Å²) in [5.41, 5.74) is 6.56. The van der Waals surface area contributed by atoms with Gasteiger partial charge in [0.2, 0.25) is 0 Å². The molecule has 1 spiro atoms. The maximum absolute atomic E-state index is 13.0. The lowest BCUT2D eigenvalue weighted by Crippen LogP contribution is -2.44. The highest BCUT2D eigenvalue weighted by Crippen LogP contribution is 2.33. The summed E-state index contributed by atoms with van der Waals surface area (Å²) in [6, 6.07) is 13.5. The number of hydrogen-bond donors (Lipinski definition) is 2. The van der Waals surface area contributed by atoms with Crippen molar-refractivity contribution in [2.75, 3.05) is 62.8 Å². The predicted molar refractivity (Wildman–Crippen MR) is 166 cm³/mol. The SMILES string of the molecule is C/C(=C\C=C(\c1nc2ccc(NC(=O)c3ccc(N4CCOCC4)cc3)cc2[nH]1)C(C)C)N1CCC2(CC1)OCCO2. The Kier molecular flexibility index (Phi) is 8.33. The zero-order chi connectivity index (χ0) is 29.1. The molecule has 3 saturated heterocycles. The van der Waals surface area contributed by atoms with Crippen LogP contribution in [0.25, 0.3) is 16.6 Å². The highest BCUT2D eigenvalue weighted by molar-refractivity contribution is 6.05. The molecule has 0 unspecified atom stereocenters. The fraction of sp³-hybridized carbons (Fsp3) is 0.455. The van der Waals surface area contributed by atoms with Crippen molar-refractivity contribution >= 4 is 33.9 Å². The van der Waals surface area contributed by atoms with Crippen molar-refractivity contribution in [3.63, 3.8) is 0 Å². The number of likely N-dealkylation sites (tertiary alicyclic amines) is 1. The van der Waals surface area contributed by atoms with Gasteiger partial charge in [0, 0.05) is 61.7 Å². The number of imidazole rings is 1. The first-order valence-corrected chi connectivity index (χ1v) is 15.0. The molecule has 3 aromatic rings. The van der Waals surface area contributed by atoms with Gasteiger partial charge >= 0.3 is 0 Å². The highest BCUT2D eigenvalue weighted by Gasteiger charge is 2.39. The Balaban J connectivity index is 1.13. The molecule has 2 aromatic carbocycles. The van der Waals surface area contributed by atoms with Gasteiger partial charge in [0.05, 0.1) is 37.5 Å². The van der Waals surface area contributed by atoms with Crippen molar-refractivity contribution in [2.45, 2.75) is 39.4 Å². The van der Waals surface area contributed by atoms with Crippen molar-refractivity contribution in [2.24, 2.45) is 5.92 Å². The third-order valence-corrected chi connectivity index (χ3v) is 8.48. The molecule has 2 N–H and O–H groups in total. The van der Waals surface area contributed by atoms with Gasteiger partial charge in [-0.1, -0.05) is 19.9 Å². The molecule has 3 aliphatic heterocycles. The predicted octanol–water partition coefficient (Wildman–Crippen LogP) is 5.43. The smallest absolute Gasteiger partial charge is 0.255 e. The first-order chi connectivity index (χ1) is 20.4. The summed E-state index contributed by atoms with van der Waals surface area (Å²) in [7, 11) is 0. The number of amides is 1. The third-order valence-electron chi connectivity index (χ3n) is 8.48. The number of nitrogens with zero attached hydrogens (tertiary/aromatic N) is 3. The number of nitrogens with one attached hydrogen (secondary N) is 2. The Morgan fingerprint density at radius 2 is 1.69 bits per heavy atom. The fourth-order valence-corrected chi connectivity index (χ4v) is 5.92. The van der Waals surface area contributed by atoms with E-state index in [4.69, 9.17) is 19.2 Å². The lowest BCUT2D eigenvalue weighted by molar-refractivity contribution is -0.182. The van der Waals surface area contributed by atoms with Crippen LogP contribution in [0.2, 0.25) is 0 Å². The number of piperidine rings is 1. The number of benzene rings is 2. The van der Waals surface area contributed by atoms with E-state index in [1.807, 2.05) is 42.5 Å². The zero-order valence-corrected chi connectivity index (χ0v) is 24.8. The average molecular weight is 572 g/mol. The van der Waals surface area contributed by atoms with E-state index in [1.165, 1.54) is 5.70 Å². The van der Waals surface area contributed by atoms with Crippen LogP contribution in [0.15, 0.2) is 60.3 Å². The summed E-state index contributed by atoms with van der Waals surface area (Å²) < 4.78 is 17.2. The van der Waals surface area contributed by atoms with E-state index in [1.54, 1.807) is 0 Å². The number of carbonyl (C=O) groups excluding carboxylic acids is 1. The molecular weight excluding hydrogens is 530 g/mol. The number of H-pyrrole nitrogens is 1. The van der Waals surface area contributed by atoms with Gasteiger partial charge in [-0.05, 0) is 67.0 Å². The standard InChI is InChI=1S/C33H41N5O4/c1-23(2)28(10-4-24(3)37-14-12-33(13-15-37)41-20-21-42-33)31-35-29-11-7-26(22-30(29)36-31)34-32(39)25-5-8-27(9-6-25)38-16-18-40-19-17-38/h4-11,22-23H,12-21H2,1-3H3,(H,34,39)(H,35,36)/b24-4+,28-10+. The minimum atomic E-state index is -0.365. The largest absolute Gasteiger partial charge is 0.378 e. The fourth-order valence-electron chi connectivity index (χ4n) is 5.92. The maximum Gasteiger partial charge on any atom is 0.255 e. The zero-order valence-electron chi connectivity index (χ0n) is 24.8. The van der Waals surface area contributed by atoms with E-state index >= 15 is 0 Å². The van der Waals surface area contributed by atoms with Gasteiger partial charge in [0.15, 0.2) is 5.79 Å². The van der Waals surface area contributed by atoms with Crippen molar-refractivity contribution < 1.29 is 19.0 Å². The quantitative estimate of drug-likeness (QED) is 0.365. The van der Waals surface area contributed by atoms with E-state index < -0.39 is 0 Å². The van der Waals surface area contributed by atoms with E-state index in [2.05, 4.69) is 53.0 Å².